The fourth-order valence-electron chi connectivity index (χ4n) is 3.41. The fraction of sp³-hybridized carbons (Fsp3) is 0.400. The number of amides is 1. The van der Waals surface area contributed by atoms with E-state index in [4.69, 9.17) is 4.74 Å². The number of nitrogens with zero attached hydrogens (tertiary/aromatic N) is 5. The molecule has 0 saturated carbocycles. The molecule has 1 N–H and O–H groups in total. The second kappa shape index (κ2) is 8.69. The van der Waals surface area contributed by atoms with Gasteiger partial charge in [-0.25, -0.2) is 9.37 Å². The molecule has 3 aromatic heterocycles. The molecule has 170 valence electrons. The monoisotopic (exact) mass is 452 g/mol. The fourth-order valence-corrected chi connectivity index (χ4v) is 3.41. The molecule has 0 bridgehead atoms. The second-order valence-corrected chi connectivity index (χ2v) is 7.41. The molecule has 1 amide bonds. The Labute approximate surface area is 180 Å². The summed E-state index contributed by atoms with van der Waals surface area (Å²) in [6.45, 7) is 1.97. The molecule has 0 unspecified atom stereocenters. The summed E-state index contributed by atoms with van der Waals surface area (Å²) in [6.07, 6.45) is -1.56. The maximum Gasteiger partial charge on any atom is 0.408 e. The first-order valence-electron chi connectivity index (χ1n) is 9.91. The third kappa shape index (κ3) is 4.79. The predicted octanol–water partition coefficient (Wildman–Crippen LogP) is 3.44. The molecule has 1 aliphatic rings. The molecule has 1 saturated heterocycles. The van der Waals surface area contributed by atoms with Gasteiger partial charge in [-0.05, 0) is 31.0 Å². The van der Waals surface area contributed by atoms with Gasteiger partial charge in [0.2, 0.25) is 0 Å². The van der Waals surface area contributed by atoms with E-state index < -0.39 is 18.5 Å². The van der Waals surface area contributed by atoms with E-state index in [2.05, 4.69) is 20.4 Å². The van der Waals surface area contributed by atoms with E-state index in [0.29, 0.717) is 38.3 Å². The Bertz CT molecular complexity index is 1140. The van der Waals surface area contributed by atoms with E-state index in [1.54, 1.807) is 4.90 Å². The minimum Gasteiger partial charge on any atom is -0.380 e. The maximum absolute atomic E-state index is 13.5. The molecule has 0 aliphatic carbocycles. The van der Waals surface area contributed by atoms with Crippen molar-refractivity contribution in [2.45, 2.75) is 26.1 Å². The predicted molar refractivity (Wildman–Crippen MR) is 107 cm³/mol. The molecule has 0 atom stereocenters. The lowest BCUT2D eigenvalue weighted by Gasteiger charge is -2.19. The van der Waals surface area contributed by atoms with E-state index in [-0.39, 0.29) is 34.1 Å². The molecule has 0 spiro atoms. The molecular weight excluding hydrogens is 432 g/mol. The van der Waals surface area contributed by atoms with E-state index in [0.717, 1.165) is 10.9 Å². The van der Waals surface area contributed by atoms with Crippen LogP contribution in [-0.4, -0.2) is 63.0 Å². The number of hydrogen-bond acceptors (Lipinski definition) is 6. The largest absolute Gasteiger partial charge is 0.408 e. The van der Waals surface area contributed by atoms with Crippen LogP contribution in [0.3, 0.4) is 0 Å². The van der Waals surface area contributed by atoms with E-state index >= 15 is 0 Å². The van der Waals surface area contributed by atoms with Crippen molar-refractivity contribution in [3.8, 4) is 0 Å². The Morgan fingerprint density at radius 1 is 1.19 bits per heavy atom. The van der Waals surface area contributed by atoms with E-state index in [1.807, 2.05) is 0 Å². The van der Waals surface area contributed by atoms with Crippen molar-refractivity contribution in [3.05, 3.63) is 41.6 Å². The number of aryl methyl sites for hydroxylation is 1. The van der Waals surface area contributed by atoms with Gasteiger partial charge in [0.15, 0.2) is 5.82 Å². The summed E-state index contributed by atoms with van der Waals surface area (Å²) in [4.78, 5) is 22.5. The summed E-state index contributed by atoms with van der Waals surface area (Å²) in [5.41, 5.74) is 0.423. The van der Waals surface area contributed by atoms with Gasteiger partial charge >= 0.3 is 6.18 Å². The van der Waals surface area contributed by atoms with Crippen molar-refractivity contribution in [1.29, 1.82) is 0 Å². The van der Waals surface area contributed by atoms with Gasteiger partial charge < -0.3 is 15.0 Å². The van der Waals surface area contributed by atoms with Crippen LogP contribution in [0.15, 0.2) is 24.5 Å². The summed E-state index contributed by atoms with van der Waals surface area (Å²) in [5, 5.41) is 7.10. The van der Waals surface area contributed by atoms with Crippen LogP contribution >= 0.6 is 0 Å². The molecular formula is C20H20F4N6O2. The normalized spacial score (nSPS) is 15.1. The van der Waals surface area contributed by atoms with Gasteiger partial charge in [0.1, 0.15) is 23.9 Å². The standard InChI is InChI=1S/C20H20F4N6O2/c1-12-7-17(26-10-14(12)21)27-18-13-9-25-15(19(31)29-3-2-5-32-6-4-29)8-16(13)30(28-18)11-20(22,23)24/h7-10H,2-6,11H2,1H3,(H,26,27,28). The Morgan fingerprint density at radius 2 is 2.00 bits per heavy atom. The van der Waals surface area contributed by atoms with Crippen LogP contribution in [0.4, 0.5) is 29.2 Å². The molecule has 1 fully saturated rings. The lowest BCUT2D eigenvalue weighted by Crippen LogP contribution is -2.33. The minimum atomic E-state index is -4.53. The number of alkyl halides is 3. The third-order valence-electron chi connectivity index (χ3n) is 4.99. The highest BCUT2D eigenvalue weighted by Crippen LogP contribution is 2.29. The number of fused-ring (bicyclic) bond motifs is 1. The summed E-state index contributed by atoms with van der Waals surface area (Å²) < 4.78 is 59.1. The highest BCUT2D eigenvalue weighted by molar-refractivity contribution is 5.98. The molecule has 3 aromatic rings. The van der Waals surface area contributed by atoms with Crippen molar-refractivity contribution in [2.24, 2.45) is 0 Å². The Morgan fingerprint density at radius 3 is 2.75 bits per heavy atom. The van der Waals surface area contributed by atoms with Crippen LogP contribution < -0.4 is 5.32 Å². The molecule has 8 nitrogen and oxygen atoms in total. The van der Waals surface area contributed by atoms with Crippen molar-refractivity contribution in [2.75, 3.05) is 31.6 Å². The van der Waals surface area contributed by atoms with Gasteiger partial charge in [-0.3, -0.25) is 14.5 Å². The first-order chi connectivity index (χ1) is 15.2. The third-order valence-corrected chi connectivity index (χ3v) is 4.99. The highest BCUT2D eigenvalue weighted by Gasteiger charge is 2.30. The lowest BCUT2D eigenvalue weighted by atomic mass is 10.2. The summed E-state index contributed by atoms with van der Waals surface area (Å²) in [5.74, 6) is -0.612. The first-order valence-corrected chi connectivity index (χ1v) is 9.91. The molecule has 12 heteroatoms. The minimum absolute atomic E-state index is 0.0185. The number of hydrogen-bond donors (Lipinski definition) is 1. The zero-order chi connectivity index (χ0) is 22.9. The number of aromatic nitrogens is 4. The zero-order valence-corrected chi connectivity index (χ0v) is 17.1. The van der Waals surface area contributed by atoms with Gasteiger partial charge in [0.05, 0.1) is 23.7 Å². The summed E-state index contributed by atoms with van der Waals surface area (Å²) in [6, 6.07) is 2.72. The SMILES string of the molecule is Cc1cc(Nc2nn(CC(F)(F)F)c3cc(C(=O)N4CCCOCC4)ncc23)ncc1F. The maximum atomic E-state index is 13.5. The smallest absolute Gasteiger partial charge is 0.380 e. The summed E-state index contributed by atoms with van der Waals surface area (Å²) in [7, 11) is 0. The van der Waals surface area contributed by atoms with Crippen molar-refractivity contribution < 1.29 is 27.1 Å². The van der Waals surface area contributed by atoms with Gasteiger partial charge in [-0.15, -0.1) is 0 Å². The molecule has 0 aromatic carbocycles. The number of ether oxygens (including phenoxy) is 1. The number of carbonyl (C=O) groups is 1. The van der Waals surface area contributed by atoms with Crippen LogP contribution in [0, 0.1) is 12.7 Å². The van der Waals surface area contributed by atoms with Crippen molar-refractivity contribution in [1.82, 2.24) is 24.6 Å². The number of rotatable bonds is 4. The molecule has 1 aliphatic heterocycles. The van der Waals surface area contributed by atoms with Gasteiger partial charge in [-0.2, -0.15) is 18.3 Å². The number of anilines is 2. The molecule has 4 heterocycles. The number of halogens is 4. The second-order valence-electron chi connectivity index (χ2n) is 7.41. The average molecular weight is 452 g/mol. The zero-order valence-electron chi connectivity index (χ0n) is 17.1. The van der Waals surface area contributed by atoms with Crippen molar-refractivity contribution in [3.63, 3.8) is 0 Å². The molecule has 4 rings (SSSR count). The van der Waals surface area contributed by atoms with Crippen LogP contribution in [0.25, 0.3) is 10.9 Å². The lowest BCUT2D eigenvalue weighted by molar-refractivity contribution is -0.141. The van der Waals surface area contributed by atoms with Gasteiger partial charge in [0.25, 0.3) is 5.91 Å². The Kier molecular flexibility index (Phi) is 5.96. The number of carbonyl (C=O) groups excluding carboxylic acids is 1. The summed E-state index contributed by atoms with van der Waals surface area (Å²) >= 11 is 0. The molecule has 0 radical (unpaired) electrons. The Balaban J connectivity index is 1.72. The van der Waals surface area contributed by atoms with Crippen molar-refractivity contribution >= 4 is 28.4 Å². The first kappa shape index (κ1) is 21.9. The van der Waals surface area contributed by atoms with Gasteiger partial charge in [0, 0.05) is 25.9 Å². The average Bonchev–Trinajstić information content (AvgIpc) is 2.91. The van der Waals surface area contributed by atoms with Crippen LogP contribution in [0.1, 0.15) is 22.5 Å². The Hall–Kier alpha value is -3.28. The van der Waals surface area contributed by atoms with E-state index in [9.17, 15) is 22.4 Å². The topological polar surface area (TPSA) is 85.2 Å². The van der Waals surface area contributed by atoms with Crippen LogP contribution in [-0.2, 0) is 11.3 Å². The quantitative estimate of drug-likeness (QED) is 0.611. The van der Waals surface area contributed by atoms with Crippen LogP contribution in [0.2, 0.25) is 0 Å². The van der Waals surface area contributed by atoms with Crippen LogP contribution in [0.5, 0.6) is 0 Å². The molecule has 32 heavy (non-hydrogen) atoms. The number of nitrogens with one attached hydrogen (secondary N) is 1. The highest BCUT2D eigenvalue weighted by atomic mass is 19.4. The van der Waals surface area contributed by atoms with Gasteiger partial charge in [-0.1, -0.05) is 0 Å². The number of pyridine rings is 2. The van der Waals surface area contributed by atoms with E-state index in [1.165, 1.54) is 25.3 Å².